The fraction of sp³-hybridized carbons (Fsp3) is 0.222. The van der Waals surface area contributed by atoms with Crippen molar-refractivity contribution < 1.29 is 19.2 Å². The minimum atomic E-state index is -0.846. The Bertz CT molecular complexity index is 1330. The Balaban J connectivity index is 1.58. The highest BCUT2D eigenvalue weighted by Crippen LogP contribution is 2.55. The Morgan fingerprint density at radius 1 is 1.09 bits per heavy atom. The molecule has 3 aromatic carbocycles. The van der Waals surface area contributed by atoms with Gasteiger partial charge in [-0.15, -0.1) is 0 Å². The minimum absolute atomic E-state index is 0.0273. The van der Waals surface area contributed by atoms with Crippen molar-refractivity contribution in [3.63, 3.8) is 0 Å². The lowest BCUT2D eigenvalue weighted by Crippen LogP contribution is -2.59. The molecule has 0 N–H and O–H groups in total. The second-order valence-electron chi connectivity index (χ2n) is 9.03. The summed E-state index contributed by atoms with van der Waals surface area (Å²) < 4.78 is 11.5. The first-order valence-corrected chi connectivity index (χ1v) is 11.0. The number of nitro benzene ring substituents is 1. The van der Waals surface area contributed by atoms with Crippen LogP contribution in [-0.2, 0) is 16.7 Å². The molecule has 2 heterocycles. The van der Waals surface area contributed by atoms with Crippen LogP contribution in [0.25, 0.3) is 6.08 Å². The third-order valence-electron chi connectivity index (χ3n) is 6.84. The van der Waals surface area contributed by atoms with Gasteiger partial charge in [-0.05, 0) is 61.4 Å². The fourth-order valence-electron chi connectivity index (χ4n) is 4.95. The molecule has 5 rings (SSSR count). The number of anilines is 1. The monoisotopic (exact) mass is 456 g/mol. The van der Waals surface area contributed by atoms with Gasteiger partial charge in [0.1, 0.15) is 5.75 Å². The molecular formula is C27H24N2O5. The summed E-state index contributed by atoms with van der Waals surface area (Å²) >= 11 is 0. The van der Waals surface area contributed by atoms with Gasteiger partial charge in [0, 0.05) is 29.9 Å². The van der Waals surface area contributed by atoms with Gasteiger partial charge < -0.3 is 14.4 Å². The van der Waals surface area contributed by atoms with Gasteiger partial charge in [-0.25, -0.2) is 4.79 Å². The van der Waals surface area contributed by atoms with E-state index in [1.54, 1.807) is 18.2 Å². The minimum Gasteiger partial charge on any atom is -0.465 e. The van der Waals surface area contributed by atoms with E-state index >= 15 is 0 Å². The molecule has 2 aliphatic rings. The quantitative estimate of drug-likeness (QED) is 0.294. The van der Waals surface area contributed by atoms with E-state index in [2.05, 4.69) is 30.9 Å². The average Bonchev–Trinajstić information content (AvgIpc) is 3.02. The normalized spacial score (nSPS) is 19.3. The van der Waals surface area contributed by atoms with Gasteiger partial charge in [-0.2, -0.15) is 0 Å². The number of nitro groups is 1. The van der Waals surface area contributed by atoms with Crippen LogP contribution in [0.15, 0.2) is 72.8 Å². The predicted octanol–water partition coefficient (Wildman–Crippen LogP) is 5.48. The molecule has 0 saturated carbocycles. The molecule has 0 aliphatic carbocycles. The Labute approximate surface area is 197 Å². The van der Waals surface area contributed by atoms with Crippen LogP contribution >= 0.6 is 0 Å². The Hall–Kier alpha value is -4.13. The third kappa shape index (κ3) is 3.15. The number of carbonyl (C=O) groups excluding carboxylic acids is 1. The van der Waals surface area contributed by atoms with Crippen molar-refractivity contribution in [1.29, 1.82) is 0 Å². The molecule has 0 radical (unpaired) electrons. The highest BCUT2D eigenvalue weighted by Gasteiger charge is 2.58. The summed E-state index contributed by atoms with van der Waals surface area (Å²) in [5.41, 5.74) is 3.13. The highest BCUT2D eigenvalue weighted by atomic mass is 16.6. The maximum absolute atomic E-state index is 11.8. The van der Waals surface area contributed by atoms with Crippen LogP contribution < -0.4 is 9.64 Å². The molecule has 0 aromatic heterocycles. The summed E-state index contributed by atoms with van der Waals surface area (Å²) in [4.78, 5) is 24.9. The summed E-state index contributed by atoms with van der Waals surface area (Å²) in [5.74, 6) is 0.222. The second kappa shape index (κ2) is 7.73. The second-order valence-corrected chi connectivity index (χ2v) is 9.03. The molecular weight excluding hydrogens is 432 g/mol. The van der Waals surface area contributed by atoms with Gasteiger partial charge in [0.2, 0.25) is 5.72 Å². The molecule has 7 heteroatoms. The van der Waals surface area contributed by atoms with Crippen LogP contribution in [0, 0.1) is 10.1 Å². The van der Waals surface area contributed by atoms with E-state index in [1.807, 2.05) is 36.4 Å². The van der Waals surface area contributed by atoms with Crippen molar-refractivity contribution in [2.24, 2.45) is 0 Å². The lowest BCUT2D eigenvalue weighted by molar-refractivity contribution is -0.384. The number of esters is 1. The molecule has 0 amide bonds. The van der Waals surface area contributed by atoms with E-state index < -0.39 is 16.1 Å². The van der Waals surface area contributed by atoms with E-state index in [0.717, 1.165) is 16.8 Å². The zero-order valence-electron chi connectivity index (χ0n) is 19.1. The molecule has 1 spiro atoms. The number of methoxy groups -OCH3 is 1. The molecule has 34 heavy (non-hydrogen) atoms. The summed E-state index contributed by atoms with van der Waals surface area (Å²) in [6.07, 6.45) is 3.91. The van der Waals surface area contributed by atoms with E-state index in [0.29, 0.717) is 23.4 Å². The van der Waals surface area contributed by atoms with E-state index in [-0.39, 0.29) is 11.7 Å². The van der Waals surface area contributed by atoms with Gasteiger partial charge in [0.15, 0.2) is 0 Å². The Morgan fingerprint density at radius 2 is 1.82 bits per heavy atom. The fourth-order valence-corrected chi connectivity index (χ4v) is 4.95. The van der Waals surface area contributed by atoms with E-state index in [1.165, 1.54) is 19.2 Å². The number of benzene rings is 3. The zero-order chi connectivity index (χ0) is 24.1. The molecule has 1 atom stereocenters. The standard InChI is InChI=1S/C27H24N2O5/c1-26(2)22-6-4-5-7-23(22)28(17-18-8-10-19(11-9-18)25(30)33-3)27(26)15-14-20-16-21(29(31)32)12-13-24(20)34-27/h4-16H,17H2,1-3H3. The average molecular weight is 456 g/mol. The predicted molar refractivity (Wildman–Crippen MR) is 129 cm³/mol. The molecule has 0 fully saturated rings. The SMILES string of the molecule is COC(=O)c1ccc(CN2c3ccccc3C(C)(C)C23C=Cc2cc([N+](=O)[O-])ccc2O3)cc1. The summed E-state index contributed by atoms with van der Waals surface area (Å²) in [5, 5.41) is 11.2. The number of para-hydroxylation sites is 1. The molecule has 3 aromatic rings. The number of ether oxygens (including phenoxy) is 2. The lowest BCUT2D eigenvalue weighted by Gasteiger charge is -2.47. The van der Waals surface area contributed by atoms with E-state index in [4.69, 9.17) is 9.47 Å². The first-order chi connectivity index (χ1) is 16.3. The van der Waals surface area contributed by atoms with Crippen molar-refractivity contribution >= 4 is 23.4 Å². The first-order valence-electron chi connectivity index (χ1n) is 11.0. The van der Waals surface area contributed by atoms with Crippen LogP contribution in [0.5, 0.6) is 5.75 Å². The maximum atomic E-state index is 11.8. The molecule has 0 saturated heterocycles. The maximum Gasteiger partial charge on any atom is 0.337 e. The number of carbonyl (C=O) groups is 1. The highest BCUT2D eigenvalue weighted by molar-refractivity contribution is 5.89. The van der Waals surface area contributed by atoms with E-state index in [9.17, 15) is 14.9 Å². The van der Waals surface area contributed by atoms with Gasteiger partial charge in [0.05, 0.1) is 23.0 Å². The van der Waals surface area contributed by atoms with Gasteiger partial charge in [0.25, 0.3) is 5.69 Å². The number of non-ortho nitro benzene ring substituents is 1. The number of fused-ring (bicyclic) bond motifs is 2. The Kier molecular flexibility index (Phi) is 4.93. The van der Waals surface area contributed by atoms with Gasteiger partial charge in [-0.1, -0.05) is 30.3 Å². The summed E-state index contributed by atoms with van der Waals surface area (Å²) in [6.45, 7) is 4.83. The number of rotatable bonds is 4. The molecule has 7 nitrogen and oxygen atoms in total. The smallest absolute Gasteiger partial charge is 0.337 e. The largest absolute Gasteiger partial charge is 0.465 e. The number of hydrogen-bond donors (Lipinski definition) is 0. The first kappa shape index (κ1) is 21.7. The zero-order valence-corrected chi connectivity index (χ0v) is 19.1. The van der Waals surface area contributed by atoms with Crippen molar-refractivity contribution in [3.8, 4) is 5.75 Å². The molecule has 0 bridgehead atoms. The van der Waals surface area contributed by atoms with Crippen LogP contribution in [0.2, 0.25) is 0 Å². The van der Waals surface area contributed by atoms with Crippen molar-refractivity contribution in [2.75, 3.05) is 12.0 Å². The topological polar surface area (TPSA) is 81.9 Å². The summed E-state index contributed by atoms with van der Waals surface area (Å²) in [6, 6.07) is 20.2. The van der Waals surface area contributed by atoms with Crippen LogP contribution in [0.3, 0.4) is 0 Å². The summed E-state index contributed by atoms with van der Waals surface area (Å²) in [7, 11) is 1.36. The lowest BCUT2D eigenvalue weighted by atomic mass is 9.76. The van der Waals surface area contributed by atoms with Gasteiger partial charge in [-0.3, -0.25) is 10.1 Å². The van der Waals surface area contributed by atoms with Gasteiger partial charge >= 0.3 is 5.97 Å². The molecule has 1 unspecified atom stereocenters. The van der Waals surface area contributed by atoms with Crippen LogP contribution in [0.4, 0.5) is 11.4 Å². The van der Waals surface area contributed by atoms with Crippen LogP contribution in [-0.4, -0.2) is 23.7 Å². The number of nitrogens with zero attached hydrogens (tertiary/aromatic N) is 2. The molecule has 172 valence electrons. The third-order valence-corrected chi connectivity index (χ3v) is 6.84. The Morgan fingerprint density at radius 3 is 2.53 bits per heavy atom. The number of hydrogen-bond acceptors (Lipinski definition) is 6. The van der Waals surface area contributed by atoms with Crippen molar-refractivity contribution in [1.82, 2.24) is 0 Å². The van der Waals surface area contributed by atoms with Crippen molar-refractivity contribution in [2.45, 2.75) is 31.5 Å². The molecule has 2 aliphatic heterocycles. The van der Waals surface area contributed by atoms with Crippen molar-refractivity contribution in [3.05, 3.63) is 105 Å². The van der Waals surface area contributed by atoms with Crippen LogP contribution in [0.1, 0.15) is 40.9 Å².